The lowest BCUT2D eigenvalue weighted by Crippen LogP contribution is -2.24. The quantitative estimate of drug-likeness (QED) is 0.340. The van der Waals surface area contributed by atoms with Gasteiger partial charge in [-0.2, -0.15) is 5.10 Å². The zero-order chi connectivity index (χ0) is 20.3. The molecule has 3 rings (SSSR count). The van der Waals surface area contributed by atoms with Gasteiger partial charge in [-0.25, -0.2) is 4.79 Å². The van der Waals surface area contributed by atoms with E-state index in [1.165, 1.54) is 22.2 Å². The molecule has 1 aliphatic carbocycles. The third kappa shape index (κ3) is 4.06. The van der Waals surface area contributed by atoms with E-state index in [9.17, 15) is 19.7 Å². The van der Waals surface area contributed by atoms with Gasteiger partial charge in [0.25, 0.3) is 0 Å². The van der Waals surface area contributed by atoms with Crippen LogP contribution in [-0.4, -0.2) is 33.2 Å². The number of aryl methyl sites for hydroxylation is 1. The fourth-order valence-corrected chi connectivity index (χ4v) is 4.50. The van der Waals surface area contributed by atoms with Crippen molar-refractivity contribution in [2.45, 2.75) is 52.0 Å². The van der Waals surface area contributed by atoms with Gasteiger partial charge >= 0.3 is 11.7 Å². The Balaban J connectivity index is 1.86. The molecule has 2 aromatic heterocycles. The number of carbonyl (C=O) groups is 2. The SMILES string of the molecule is CCOC(=O)c1c(NC(=O)[C@@H](C)n2cc([N+](=O)[O-])cn2)sc2c1CCCCC2. The van der Waals surface area contributed by atoms with Gasteiger partial charge in [0.2, 0.25) is 5.91 Å². The number of esters is 1. The maximum absolute atomic E-state index is 12.7. The van der Waals surface area contributed by atoms with Crippen LogP contribution in [0.3, 0.4) is 0 Å². The molecule has 1 aliphatic rings. The molecule has 28 heavy (non-hydrogen) atoms. The number of anilines is 1. The molecule has 1 N–H and O–H groups in total. The lowest BCUT2D eigenvalue weighted by atomic mass is 10.1. The van der Waals surface area contributed by atoms with Gasteiger partial charge in [-0.1, -0.05) is 6.42 Å². The van der Waals surface area contributed by atoms with E-state index in [-0.39, 0.29) is 12.3 Å². The number of carbonyl (C=O) groups excluding carboxylic acids is 2. The van der Waals surface area contributed by atoms with Crippen LogP contribution in [-0.2, 0) is 22.4 Å². The summed E-state index contributed by atoms with van der Waals surface area (Å²) >= 11 is 1.41. The van der Waals surface area contributed by atoms with Crippen LogP contribution in [0.1, 0.15) is 60.0 Å². The molecule has 0 saturated carbocycles. The number of hydrogen-bond acceptors (Lipinski definition) is 7. The Morgan fingerprint density at radius 1 is 1.39 bits per heavy atom. The number of rotatable bonds is 6. The van der Waals surface area contributed by atoms with E-state index in [1.807, 2.05) is 0 Å². The van der Waals surface area contributed by atoms with E-state index < -0.39 is 22.8 Å². The fourth-order valence-electron chi connectivity index (χ4n) is 3.22. The van der Waals surface area contributed by atoms with Gasteiger partial charge < -0.3 is 10.1 Å². The van der Waals surface area contributed by atoms with Crippen molar-refractivity contribution < 1.29 is 19.2 Å². The minimum absolute atomic E-state index is 0.185. The van der Waals surface area contributed by atoms with E-state index in [0.717, 1.165) is 48.7 Å². The van der Waals surface area contributed by atoms with Crippen molar-refractivity contribution in [1.82, 2.24) is 9.78 Å². The number of hydrogen-bond donors (Lipinski definition) is 1. The second-order valence-electron chi connectivity index (χ2n) is 6.59. The molecule has 0 radical (unpaired) electrons. The third-order valence-electron chi connectivity index (χ3n) is 4.71. The minimum Gasteiger partial charge on any atom is -0.462 e. The average molecular weight is 406 g/mol. The Bertz CT molecular complexity index is 904. The number of nitrogens with zero attached hydrogens (tertiary/aromatic N) is 3. The summed E-state index contributed by atoms with van der Waals surface area (Å²) in [6.45, 7) is 3.59. The molecule has 0 spiro atoms. The molecular weight excluding hydrogens is 384 g/mol. The molecule has 2 aromatic rings. The Labute approximate surface area is 165 Å². The molecule has 150 valence electrons. The highest BCUT2D eigenvalue weighted by Crippen LogP contribution is 2.38. The first-order valence-corrected chi connectivity index (χ1v) is 10.0. The van der Waals surface area contributed by atoms with E-state index in [0.29, 0.717) is 10.6 Å². The summed E-state index contributed by atoms with van der Waals surface area (Å²) in [6, 6.07) is -0.773. The largest absolute Gasteiger partial charge is 0.462 e. The van der Waals surface area contributed by atoms with E-state index >= 15 is 0 Å². The number of nitrogens with one attached hydrogen (secondary N) is 1. The highest BCUT2D eigenvalue weighted by molar-refractivity contribution is 7.17. The predicted molar refractivity (Wildman–Crippen MR) is 104 cm³/mol. The lowest BCUT2D eigenvalue weighted by Gasteiger charge is -2.13. The number of aromatic nitrogens is 2. The summed E-state index contributed by atoms with van der Waals surface area (Å²) in [5.74, 6) is -0.834. The number of thiophene rings is 1. The summed E-state index contributed by atoms with van der Waals surface area (Å²) in [6.07, 6.45) is 7.13. The van der Waals surface area contributed by atoms with Crippen LogP contribution < -0.4 is 5.32 Å². The summed E-state index contributed by atoms with van der Waals surface area (Å²) < 4.78 is 6.45. The number of fused-ring (bicyclic) bond motifs is 1. The van der Waals surface area contributed by atoms with Crippen LogP contribution >= 0.6 is 11.3 Å². The Morgan fingerprint density at radius 2 is 2.14 bits per heavy atom. The maximum Gasteiger partial charge on any atom is 0.341 e. The minimum atomic E-state index is -0.773. The molecule has 0 aliphatic heterocycles. The van der Waals surface area contributed by atoms with Crippen molar-refractivity contribution in [3.8, 4) is 0 Å². The molecule has 1 amide bonds. The van der Waals surface area contributed by atoms with Gasteiger partial charge in [0.15, 0.2) is 0 Å². The molecule has 0 saturated heterocycles. The van der Waals surface area contributed by atoms with E-state index in [2.05, 4.69) is 10.4 Å². The van der Waals surface area contributed by atoms with E-state index in [1.54, 1.807) is 13.8 Å². The Morgan fingerprint density at radius 3 is 2.82 bits per heavy atom. The third-order valence-corrected chi connectivity index (χ3v) is 5.92. The standard InChI is InChI=1S/C18H22N4O5S/c1-3-27-18(24)15-13-7-5-4-6-8-14(13)28-17(15)20-16(23)11(2)21-10-12(9-19-21)22(25)26/h9-11H,3-8H2,1-2H3,(H,20,23)/t11-/m1/s1. The normalized spacial score (nSPS) is 14.6. The monoisotopic (exact) mass is 406 g/mol. The fraction of sp³-hybridized carbons (Fsp3) is 0.500. The smallest absolute Gasteiger partial charge is 0.341 e. The number of ether oxygens (including phenoxy) is 1. The predicted octanol–water partition coefficient (Wildman–Crippen LogP) is 3.50. The van der Waals surface area contributed by atoms with E-state index in [4.69, 9.17) is 4.74 Å². The van der Waals surface area contributed by atoms with Gasteiger partial charge in [-0.05, 0) is 45.1 Å². The average Bonchev–Trinajstić information content (AvgIpc) is 3.21. The second kappa shape index (κ2) is 8.51. The maximum atomic E-state index is 12.7. The molecule has 10 heteroatoms. The first kappa shape index (κ1) is 20.0. The second-order valence-corrected chi connectivity index (χ2v) is 7.70. The molecule has 0 fully saturated rings. The first-order valence-electron chi connectivity index (χ1n) is 9.23. The van der Waals surface area contributed by atoms with Crippen molar-refractivity contribution in [2.75, 3.05) is 11.9 Å². The van der Waals surface area contributed by atoms with Gasteiger partial charge in [0.1, 0.15) is 23.4 Å². The van der Waals surface area contributed by atoms with Gasteiger partial charge in [-0.15, -0.1) is 11.3 Å². The van der Waals surface area contributed by atoms with Crippen LogP contribution in [0.2, 0.25) is 0 Å². The number of amides is 1. The van der Waals surface area contributed by atoms with Crippen LogP contribution in [0.4, 0.5) is 10.7 Å². The molecular formula is C18H22N4O5S. The van der Waals surface area contributed by atoms with Crippen molar-refractivity contribution in [2.24, 2.45) is 0 Å². The van der Waals surface area contributed by atoms with Gasteiger partial charge in [0.05, 0.1) is 17.1 Å². The molecule has 0 unspecified atom stereocenters. The highest BCUT2D eigenvalue weighted by atomic mass is 32.1. The van der Waals surface area contributed by atoms with Crippen LogP contribution in [0, 0.1) is 10.1 Å². The van der Waals surface area contributed by atoms with Crippen molar-refractivity contribution in [1.29, 1.82) is 0 Å². The van der Waals surface area contributed by atoms with Crippen LogP contribution in [0.15, 0.2) is 12.4 Å². The summed E-state index contributed by atoms with van der Waals surface area (Å²) in [5, 5.41) is 18.0. The van der Waals surface area contributed by atoms with Crippen molar-refractivity contribution >= 4 is 33.9 Å². The Kier molecular flexibility index (Phi) is 6.08. The van der Waals surface area contributed by atoms with Crippen molar-refractivity contribution in [3.63, 3.8) is 0 Å². The van der Waals surface area contributed by atoms with Crippen LogP contribution in [0.5, 0.6) is 0 Å². The zero-order valence-electron chi connectivity index (χ0n) is 15.8. The number of nitro groups is 1. The molecule has 2 heterocycles. The summed E-state index contributed by atoms with van der Waals surface area (Å²) in [5.41, 5.74) is 1.23. The van der Waals surface area contributed by atoms with Crippen molar-refractivity contribution in [3.05, 3.63) is 38.5 Å². The topological polar surface area (TPSA) is 116 Å². The highest BCUT2D eigenvalue weighted by Gasteiger charge is 2.28. The summed E-state index contributed by atoms with van der Waals surface area (Å²) in [4.78, 5) is 36.6. The first-order chi connectivity index (χ1) is 13.4. The van der Waals surface area contributed by atoms with Gasteiger partial charge in [0, 0.05) is 4.88 Å². The van der Waals surface area contributed by atoms with Crippen LogP contribution in [0.25, 0.3) is 0 Å². The van der Waals surface area contributed by atoms with Gasteiger partial charge in [-0.3, -0.25) is 19.6 Å². The molecule has 0 bridgehead atoms. The Hall–Kier alpha value is -2.75. The summed E-state index contributed by atoms with van der Waals surface area (Å²) in [7, 11) is 0. The molecule has 9 nitrogen and oxygen atoms in total. The molecule has 1 atom stereocenters. The molecule has 0 aromatic carbocycles. The zero-order valence-corrected chi connectivity index (χ0v) is 16.6. The lowest BCUT2D eigenvalue weighted by molar-refractivity contribution is -0.385.